The number of hydrogen-bond acceptors (Lipinski definition) is 2. The fourth-order valence-electron chi connectivity index (χ4n) is 1.20. The van der Waals surface area contributed by atoms with Crippen molar-refractivity contribution in [3.63, 3.8) is 0 Å². The molecule has 0 aromatic rings. The quantitative estimate of drug-likeness (QED) is 0.701. The highest BCUT2D eigenvalue weighted by Crippen LogP contribution is 2.14. The first-order valence-electron chi connectivity index (χ1n) is 4.87. The molecular formula is C9H18F3NO. The molecule has 0 aromatic carbocycles. The first kappa shape index (κ1) is 13.7. The van der Waals surface area contributed by atoms with Gasteiger partial charge >= 0.3 is 6.18 Å². The van der Waals surface area contributed by atoms with Crippen LogP contribution in [0.4, 0.5) is 13.2 Å². The van der Waals surface area contributed by atoms with Crippen LogP contribution in [0.5, 0.6) is 0 Å². The van der Waals surface area contributed by atoms with Crippen LogP contribution in [0.15, 0.2) is 0 Å². The van der Waals surface area contributed by atoms with Gasteiger partial charge in [0.1, 0.15) is 6.61 Å². The van der Waals surface area contributed by atoms with Crippen molar-refractivity contribution in [3.05, 3.63) is 0 Å². The van der Waals surface area contributed by atoms with Crippen LogP contribution in [0.1, 0.15) is 26.7 Å². The number of hydrogen-bond donors (Lipinski definition) is 1. The van der Waals surface area contributed by atoms with E-state index in [9.17, 15) is 13.2 Å². The molecule has 0 fully saturated rings. The number of alkyl halides is 3. The molecule has 0 radical (unpaired) electrons. The highest BCUT2D eigenvalue weighted by molar-refractivity contribution is 4.64. The highest BCUT2D eigenvalue weighted by atomic mass is 19.4. The topological polar surface area (TPSA) is 21.3 Å². The molecule has 86 valence electrons. The Morgan fingerprint density at radius 3 is 2.36 bits per heavy atom. The Labute approximate surface area is 82.8 Å². The standard InChI is InChI=1S/C9H18F3NO/c1-3-5-8(13-4-2)6-14-7-9(10,11)12/h8,13H,3-7H2,1-2H3. The van der Waals surface area contributed by atoms with Gasteiger partial charge in [0.05, 0.1) is 6.61 Å². The zero-order valence-corrected chi connectivity index (χ0v) is 8.66. The van der Waals surface area contributed by atoms with Gasteiger partial charge in [0, 0.05) is 6.04 Å². The van der Waals surface area contributed by atoms with Crippen molar-refractivity contribution >= 4 is 0 Å². The van der Waals surface area contributed by atoms with Gasteiger partial charge in [0.2, 0.25) is 0 Å². The van der Waals surface area contributed by atoms with E-state index in [-0.39, 0.29) is 12.6 Å². The van der Waals surface area contributed by atoms with Gasteiger partial charge in [0.15, 0.2) is 0 Å². The summed E-state index contributed by atoms with van der Waals surface area (Å²) in [6, 6.07) is 0.0346. The third-order valence-electron chi connectivity index (χ3n) is 1.71. The molecule has 5 heteroatoms. The predicted octanol–water partition coefficient (Wildman–Crippen LogP) is 2.34. The Balaban J connectivity index is 3.60. The van der Waals surface area contributed by atoms with Gasteiger partial charge in [-0.15, -0.1) is 0 Å². The molecule has 0 aliphatic carbocycles. The molecule has 1 unspecified atom stereocenters. The van der Waals surface area contributed by atoms with E-state index < -0.39 is 12.8 Å². The van der Waals surface area contributed by atoms with Crippen molar-refractivity contribution in [1.29, 1.82) is 0 Å². The van der Waals surface area contributed by atoms with Crippen LogP contribution in [0.25, 0.3) is 0 Å². The monoisotopic (exact) mass is 213 g/mol. The van der Waals surface area contributed by atoms with E-state index >= 15 is 0 Å². The van der Waals surface area contributed by atoms with E-state index in [1.54, 1.807) is 0 Å². The molecule has 0 aromatic heterocycles. The predicted molar refractivity (Wildman–Crippen MR) is 49.2 cm³/mol. The van der Waals surface area contributed by atoms with E-state index in [1.165, 1.54) is 0 Å². The Morgan fingerprint density at radius 2 is 1.93 bits per heavy atom. The van der Waals surface area contributed by atoms with Crippen molar-refractivity contribution in [2.24, 2.45) is 0 Å². The molecule has 0 amide bonds. The van der Waals surface area contributed by atoms with Crippen molar-refractivity contribution in [1.82, 2.24) is 5.32 Å². The minimum absolute atomic E-state index is 0.0346. The fourth-order valence-corrected chi connectivity index (χ4v) is 1.20. The summed E-state index contributed by atoms with van der Waals surface area (Å²) in [4.78, 5) is 0. The summed E-state index contributed by atoms with van der Waals surface area (Å²) in [5, 5.41) is 3.08. The summed E-state index contributed by atoms with van der Waals surface area (Å²) in [6.45, 7) is 3.64. The zero-order valence-electron chi connectivity index (χ0n) is 8.66. The largest absolute Gasteiger partial charge is 0.411 e. The molecular weight excluding hydrogens is 195 g/mol. The number of ether oxygens (including phenoxy) is 1. The van der Waals surface area contributed by atoms with Gasteiger partial charge in [-0.25, -0.2) is 0 Å². The SMILES string of the molecule is CCCC(COCC(F)(F)F)NCC. The lowest BCUT2D eigenvalue weighted by Gasteiger charge is -2.17. The summed E-state index contributed by atoms with van der Waals surface area (Å²) >= 11 is 0. The van der Waals surface area contributed by atoms with Gasteiger partial charge < -0.3 is 10.1 Å². The molecule has 0 saturated heterocycles. The summed E-state index contributed by atoms with van der Waals surface area (Å²) in [5.74, 6) is 0. The summed E-state index contributed by atoms with van der Waals surface area (Å²) < 4.78 is 39.8. The Morgan fingerprint density at radius 1 is 1.29 bits per heavy atom. The molecule has 2 nitrogen and oxygen atoms in total. The number of nitrogens with one attached hydrogen (secondary N) is 1. The average Bonchev–Trinajstić information content (AvgIpc) is 2.02. The third kappa shape index (κ3) is 8.31. The first-order chi connectivity index (χ1) is 6.49. The lowest BCUT2D eigenvalue weighted by molar-refractivity contribution is -0.175. The Bertz CT molecular complexity index is 133. The first-order valence-corrected chi connectivity index (χ1v) is 4.87. The van der Waals surface area contributed by atoms with E-state index in [2.05, 4.69) is 10.1 Å². The molecule has 0 aliphatic heterocycles. The molecule has 1 N–H and O–H groups in total. The second-order valence-electron chi connectivity index (χ2n) is 3.17. The molecule has 0 saturated carbocycles. The molecule has 0 spiro atoms. The van der Waals surface area contributed by atoms with E-state index in [0.29, 0.717) is 0 Å². The number of rotatable bonds is 7. The van der Waals surface area contributed by atoms with Crippen LogP contribution in [0, 0.1) is 0 Å². The smallest absolute Gasteiger partial charge is 0.370 e. The van der Waals surface area contributed by atoms with Crippen LogP contribution in [0.2, 0.25) is 0 Å². The number of halogens is 3. The van der Waals surface area contributed by atoms with Gasteiger partial charge in [-0.1, -0.05) is 20.3 Å². The fraction of sp³-hybridized carbons (Fsp3) is 1.00. The molecule has 0 heterocycles. The van der Waals surface area contributed by atoms with Crippen LogP contribution < -0.4 is 5.32 Å². The third-order valence-corrected chi connectivity index (χ3v) is 1.71. The minimum Gasteiger partial charge on any atom is -0.370 e. The zero-order chi connectivity index (χ0) is 11.0. The summed E-state index contributed by atoms with van der Waals surface area (Å²) in [7, 11) is 0. The van der Waals surface area contributed by atoms with E-state index in [4.69, 9.17) is 0 Å². The van der Waals surface area contributed by atoms with Gasteiger partial charge in [-0.05, 0) is 13.0 Å². The maximum absolute atomic E-state index is 11.7. The summed E-state index contributed by atoms with van der Waals surface area (Å²) in [5.41, 5.74) is 0. The lowest BCUT2D eigenvalue weighted by Crippen LogP contribution is -2.34. The molecule has 14 heavy (non-hydrogen) atoms. The molecule has 0 rings (SSSR count). The van der Waals surface area contributed by atoms with Crippen molar-refractivity contribution in [2.75, 3.05) is 19.8 Å². The van der Waals surface area contributed by atoms with Gasteiger partial charge in [-0.2, -0.15) is 13.2 Å². The second kappa shape index (κ2) is 7.06. The van der Waals surface area contributed by atoms with Gasteiger partial charge in [-0.3, -0.25) is 0 Å². The average molecular weight is 213 g/mol. The van der Waals surface area contributed by atoms with Crippen molar-refractivity contribution < 1.29 is 17.9 Å². The molecule has 0 bridgehead atoms. The second-order valence-corrected chi connectivity index (χ2v) is 3.17. The van der Waals surface area contributed by atoms with E-state index in [1.807, 2.05) is 13.8 Å². The molecule has 1 atom stereocenters. The van der Waals surface area contributed by atoms with Crippen molar-refractivity contribution in [3.8, 4) is 0 Å². The Hall–Kier alpha value is -0.290. The van der Waals surface area contributed by atoms with Crippen LogP contribution in [-0.2, 0) is 4.74 Å². The minimum atomic E-state index is -4.22. The summed E-state index contributed by atoms with van der Waals surface area (Å²) in [6.07, 6.45) is -2.44. The van der Waals surface area contributed by atoms with Crippen LogP contribution in [0.3, 0.4) is 0 Å². The van der Waals surface area contributed by atoms with Crippen LogP contribution in [-0.4, -0.2) is 32.0 Å². The van der Waals surface area contributed by atoms with Gasteiger partial charge in [0.25, 0.3) is 0 Å². The maximum atomic E-state index is 11.7. The van der Waals surface area contributed by atoms with Crippen LogP contribution >= 0.6 is 0 Å². The van der Waals surface area contributed by atoms with E-state index in [0.717, 1.165) is 19.4 Å². The Kier molecular flexibility index (Phi) is 6.92. The number of likely N-dealkylation sites (N-methyl/N-ethyl adjacent to an activating group) is 1. The highest BCUT2D eigenvalue weighted by Gasteiger charge is 2.27. The van der Waals surface area contributed by atoms with Crippen molar-refractivity contribution in [2.45, 2.75) is 38.9 Å². The lowest BCUT2D eigenvalue weighted by atomic mass is 10.2. The molecule has 0 aliphatic rings. The maximum Gasteiger partial charge on any atom is 0.411 e. The normalized spacial score (nSPS) is 14.4.